The van der Waals surface area contributed by atoms with E-state index in [0.717, 1.165) is 18.2 Å². The van der Waals surface area contributed by atoms with Gasteiger partial charge in [0, 0.05) is 0 Å². The average Bonchev–Trinajstić information content (AvgIpc) is 2.41. The van der Waals surface area contributed by atoms with E-state index in [1.165, 1.54) is 24.3 Å². The molecule has 2 aromatic rings. The SMILES string of the molecule is N#Cc1cc(CS(=O)(=O)c2ccc(F)cc2)ccc1F. The summed E-state index contributed by atoms with van der Waals surface area (Å²) in [5.41, 5.74) is 0.0871. The van der Waals surface area contributed by atoms with Gasteiger partial charge in [-0.15, -0.1) is 0 Å². The number of sulfone groups is 1. The molecule has 0 atom stereocenters. The summed E-state index contributed by atoms with van der Waals surface area (Å²) in [6.07, 6.45) is 0. The Morgan fingerprint density at radius 3 is 2.30 bits per heavy atom. The number of nitriles is 1. The molecule has 0 aliphatic heterocycles. The van der Waals surface area contributed by atoms with Gasteiger partial charge in [-0.25, -0.2) is 17.2 Å². The standard InChI is InChI=1S/C14H9F2NO2S/c15-12-2-4-13(5-3-12)20(18,19)9-10-1-6-14(16)11(7-10)8-17/h1-7H,9H2. The molecule has 0 unspecified atom stereocenters. The van der Waals surface area contributed by atoms with Crippen LogP contribution in [0.15, 0.2) is 47.4 Å². The van der Waals surface area contributed by atoms with Crippen molar-refractivity contribution in [3.63, 3.8) is 0 Å². The van der Waals surface area contributed by atoms with Gasteiger partial charge in [0.15, 0.2) is 9.84 Å². The molecule has 2 aromatic carbocycles. The van der Waals surface area contributed by atoms with E-state index < -0.39 is 21.5 Å². The van der Waals surface area contributed by atoms with Gasteiger partial charge >= 0.3 is 0 Å². The molecular weight excluding hydrogens is 284 g/mol. The van der Waals surface area contributed by atoms with Crippen molar-refractivity contribution in [3.05, 3.63) is 65.2 Å². The molecule has 0 spiro atoms. The largest absolute Gasteiger partial charge is 0.223 e. The maximum Gasteiger partial charge on any atom is 0.182 e. The smallest absolute Gasteiger partial charge is 0.182 e. The predicted molar refractivity (Wildman–Crippen MR) is 68.4 cm³/mol. The lowest BCUT2D eigenvalue weighted by molar-refractivity contribution is 0.593. The third-order valence-corrected chi connectivity index (χ3v) is 4.38. The Morgan fingerprint density at radius 1 is 1.05 bits per heavy atom. The second-order valence-electron chi connectivity index (χ2n) is 4.14. The van der Waals surface area contributed by atoms with Gasteiger partial charge < -0.3 is 0 Å². The normalized spacial score (nSPS) is 11.1. The Kier molecular flexibility index (Phi) is 3.81. The van der Waals surface area contributed by atoms with Gasteiger partial charge in [0.1, 0.15) is 17.7 Å². The quantitative estimate of drug-likeness (QED) is 0.818. The van der Waals surface area contributed by atoms with Crippen molar-refractivity contribution >= 4 is 9.84 Å². The molecular formula is C14H9F2NO2S. The number of halogens is 2. The van der Waals surface area contributed by atoms with Gasteiger partial charge in [-0.05, 0) is 42.0 Å². The third-order valence-electron chi connectivity index (χ3n) is 2.68. The van der Waals surface area contributed by atoms with Crippen molar-refractivity contribution in [2.75, 3.05) is 0 Å². The first kappa shape index (κ1) is 14.2. The zero-order chi connectivity index (χ0) is 14.8. The van der Waals surface area contributed by atoms with Crippen LogP contribution in [0, 0.1) is 23.0 Å². The van der Waals surface area contributed by atoms with Crippen molar-refractivity contribution in [3.8, 4) is 6.07 Å². The summed E-state index contributed by atoms with van der Waals surface area (Å²) in [6.45, 7) is 0. The lowest BCUT2D eigenvalue weighted by Gasteiger charge is -2.05. The van der Waals surface area contributed by atoms with Crippen LogP contribution in [0.1, 0.15) is 11.1 Å². The zero-order valence-electron chi connectivity index (χ0n) is 10.2. The Morgan fingerprint density at radius 2 is 1.70 bits per heavy atom. The summed E-state index contributed by atoms with van der Waals surface area (Å²) in [5, 5.41) is 8.71. The van der Waals surface area contributed by atoms with E-state index in [1.807, 2.05) is 0 Å². The average molecular weight is 293 g/mol. The molecule has 0 amide bonds. The molecule has 0 saturated carbocycles. The third kappa shape index (κ3) is 3.00. The number of hydrogen-bond acceptors (Lipinski definition) is 3. The summed E-state index contributed by atoms with van der Waals surface area (Å²) >= 11 is 0. The molecule has 0 fully saturated rings. The van der Waals surface area contributed by atoms with Crippen LogP contribution in [0.25, 0.3) is 0 Å². The molecule has 0 heterocycles. The summed E-state index contributed by atoms with van der Waals surface area (Å²) < 4.78 is 50.1. The van der Waals surface area contributed by atoms with Gasteiger partial charge in [-0.2, -0.15) is 5.26 Å². The van der Waals surface area contributed by atoms with Gasteiger partial charge in [0.05, 0.1) is 16.2 Å². The molecule has 6 heteroatoms. The van der Waals surface area contributed by atoms with Crippen molar-refractivity contribution < 1.29 is 17.2 Å². The van der Waals surface area contributed by atoms with Gasteiger partial charge in [-0.1, -0.05) is 6.07 Å². The fraction of sp³-hybridized carbons (Fsp3) is 0.0714. The maximum atomic E-state index is 13.2. The van der Waals surface area contributed by atoms with E-state index in [1.54, 1.807) is 6.07 Å². The number of nitrogens with zero attached hydrogens (tertiary/aromatic N) is 1. The van der Waals surface area contributed by atoms with Crippen molar-refractivity contribution in [2.45, 2.75) is 10.6 Å². The van der Waals surface area contributed by atoms with E-state index in [4.69, 9.17) is 5.26 Å². The van der Waals surface area contributed by atoms with E-state index in [-0.39, 0.29) is 16.2 Å². The monoisotopic (exact) mass is 293 g/mol. The number of rotatable bonds is 3. The first-order valence-electron chi connectivity index (χ1n) is 5.59. The highest BCUT2D eigenvalue weighted by Crippen LogP contribution is 2.18. The Labute approximate surface area is 115 Å². The maximum absolute atomic E-state index is 13.2. The first-order valence-corrected chi connectivity index (χ1v) is 7.24. The van der Waals surface area contributed by atoms with Crippen LogP contribution >= 0.6 is 0 Å². The van der Waals surface area contributed by atoms with Crippen LogP contribution in [-0.4, -0.2) is 8.42 Å². The molecule has 0 aliphatic carbocycles. The van der Waals surface area contributed by atoms with Crippen molar-refractivity contribution in [1.82, 2.24) is 0 Å². The Balaban J connectivity index is 2.34. The Bertz CT molecular complexity index is 778. The number of benzene rings is 2. The minimum atomic E-state index is -3.67. The van der Waals surface area contributed by atoms with Gasteiger partial charge in [-0.3, -0.25) is 0 Å². The first-order chi connectivity index (χ1) is 9.42. The van der Waals surface area contributed by atoms with Crippen molar-refractivity contribution in [1.29, 1.82) is 5.26 Å². The van der Waals surface area contributed by atoms with E-state index >= 15 is 0 Å². The Hall–Kier alpha value is -2.26. The lowest BCUT2D eigenvalue weighted by Crippen LogP contribution is -2.05. The molecule has 0 bridgehead atoms. The van der Waals surface area contributed by atoms with E-state index in [9.17, 15) is 17.2 Å². The molecule has 0 N–H and O–H groups in total. The van der Waals surface area contributed by atoms with Crippen molar-refractivity contribution in [2.24, 2.45) is 0 Å². The summed E-state index contributed by atoms with van der Waals surface area (Å²) in [4.78, 5) is -0.0262. The molecule has 0 saturated heterocycles. The molecule has 0 radical (unpaired) electrons. The number of hydrogen-bond donors (Lipinski definition) is 0. The van der Waals surface area contributed by atoms with Crippen LogP contribution in [0.3, 0.4) is 0 Å². The summed E-state index contributed by atoms with van der Waals surface area (Å²) in [7, 11) is -3.67. The van der Waals surface area contributed by atoms with Crippen LogP contribution in [0.5, 0.6) is 0 Å². The molecule has 20 heavy (non-hydrogen) atoms. The highest BCUT2D eigenvalue weighted by atomic mass is 32.2. The molecule has 102 valence electrons. The molecule has 3 nitrogen and oxygen atoms in total. The minimum Gasteiger partial charge on any atom is -0.223 e. The predicted octanol–water partition coefficient (Wildman–Crippen LogP) is 2.81. The topological polar surface area (TPSA) is 57.9 Å². The van der Waals surface area contributed by atoms with Crippen LogP contribution in [0.4, 0.5) is 8.78 Å². The molecule has 2 rings (SSSR count). The summed E-state index contributed by atoms with van der Waals surface area (Å²) in [5.74, 6) is -1.61. The highest BCUT2D eigenvalue weighted by Gasteiger charge is 2.16. The van der Waals surface area contributed by atoms with E-state index in [0.29, 0.717) is 5.56 Å². The molecule has 0 aliphatic rings. The second-order valence-corrected chi connectivity index (χ2v) is 6.13. The lowest BCUT2D eigenvalue weighted by atomic mass is 10.1. The van der Waals surface area contributed by atoms with Crippen LogP contribution in [0.2, 0.25) is 0 Å². The highest BCUT2D eigenvalue weighted by molar-refractivity contribution is 7.90. The minimum absolute atomic E-state index is 0.0262. The van der Waals surface area contributed by atoms with Gasteiger partial charge in [0.2, 0.25) is 0 Å². The fourth-order valence-electron chi connectivity index (χ4n) is 1.69. The van der Waals surface area contributed by atoms with Crippen LogP contribution in [-0.2, 0) is 15.6 Å². The van der Waals surface area contributed by atoms with E-state index in [2.05, 4.69) is 0 Å². The van der Waals surface area contributed by atoms with Gasteiger partial charge in [0.25, 0.3) is 0 Å². The van der Waals surface area contributed by atoms with Crippen LogP contribution < -0.4 is 0 Å². The molecule has 0 aromatic heterocycles. The fourth-order valence-corrected chi connectivity index (χ4v) is 3.03. The zero-order valence-corrected chi connectivity index (χ0v) is 11.0. The second kappa shape index (κ2) is 5.39. The summed E-state index contributed by atoms with van der Waals surface area (Å²) in [6, 6.07) is 9.63.